The number of nitrogens with zero attached hydrogens (tertiary/aromatic N) is 1. The number of H-pyrrole nitrogens is 1. The largest absolute Gasteiger partial charge is 0.469 e. The fourth-order valence-electron chi connectivity index (χ4n) is 3.60. The number of rotatable bonds is 10. The Labute approximate surface area is 200 Å². The van der Waals surface area contributed by atoms with Gasteiger partial charge in [-0.05, 0) is 12.1 Å². The van der Waals surface area contributed by atoms with Gasteiger partial charge in [0.05, 0.1) is 25.8 Å². The third-order valence-corrected chi connectivity index (χ3v) is 7.51. The predicted octanol–water partition coefficient (Wildman–Crippen LogP) is 0.810. The Morgan fingerprint density at radius 1 is 1.34 bits per heavy atom. The second kappa shape index (κ2) is 10.7. The van der Waals surface area contributed by atoms with Crippen molar-refractivity contribution in [1.82, 2.24) is 9.55 Å². The lowest BCUT2D eigenvalue weighted by Crippen LogP contribution is -2.47. The summed E-state index contributed by atoms with van der Waals surface area (Å²) in [4.78, 5) is 37.6. The van der Waals surface area contributed by atoms with Gasteiger partial charge < -0.3 is 24.2 Å². The van der Waals surface area contributed by atoms with E-state index in [-0.39, 0.29) is 11.9 Å². The number of esters is 1. The Morgan fingerprint density at radius 3 is 2.63 bits per heavy atom. The number of aromatic nitrogens is 2. The summed E-state index contributed by atoms with van der Waals surface area (Å²) in [5, 5.41) is 21.8. The highest BCUT2D eigenvalue weighted by Crippen LogP contribution is 2.51. The molecule has 0 amide bonds. The Morgan fingerprint density at radius 2 is 2.03 bits per heavy atom. The molecule has 1 unspecified atom stereocenters. The molecule has 0 saturated carbocycles. The number of aliphatic hydroxyl groups is 2. The van der Waals surface area contributed by atoms with Crippen LogP contribution in [0.5, 0.6) is 5.75 Å². The smallest absolute Gasteiger partial charge is 0.380 e. The second-order valence-electron chi connectivity index (χ2n) is 8.00. The highest BCUT2D eigenvalue weighted by molar-refractivity contribution is 7.54. The van der Waals surface area contributed by atoms with E-state index < -0.39 is 61.4 Å². The van der Waals surface area contributed by atoms with E-state index in [1.807, 2.05) is 4.98 Å². The molecule has 1 fully saturated rings. The molecule has 6 atom stereocenters. The lowest BCUT2D eigenvalue weighted by molar-refractivity contribution is -0.144. The monoisotopic (exact) mass is 510 g/mol. The number of nitrogens with one attached hydrogen (secondary N) is 1. The van der Waals surface area contributed by atoms with Gasteiger partial charge in [-0.2, -0.15) is 0 Å². The van der Waals surface area contributed by atoms with Crippen molar-refractivity contribution in [2.45, 2.75) is 31.0 Å². The van der Waals surface area contributed by atoms with Gasteiger partial charge in [-0.15, -0.1) is 0 Å². The molecule has 2 aromatic rings. The summed E-state index contributed by atoms with van der Waals surface area (Å²) in [6.07, 6.45) is -2.67. The average Bonchev–Trinajstić information content (AvgIpc) is 3.08. The average molecular weight is 510 g/mol. The van der Waals surface area contributed by atoms with Crippen molar-refractivity contribution in [2.75, 3.05) is 19.9 Å². The third kappa shape index (κ3) is 5.80. The van der Waals surface area contributed by atoms with Crippen LogP contribution >= 0.6 is 7.60 Å². The molecule has 2 heterocycles. The number of ether oxygens (including phenoxy) is 2. The first-order valence-corrected chi connectivity index (χ1v) is 12.3. The van der Waals surface area contributed by atoms with Crippen LogP contribution in [0.4, 0.5) is 0 Å². The van der Waals surface area contributed by atoms with Crippen LogP contribution in [0.1, 0.15) is 13.2 Å². The van der Waals surface area contributed by atoms with E-state index >= 15 is 0 Å². The van der Waals surface area contributed by atoms with E-state index in [2.05, 4.69) is 6.58 Å². The number of aromatic amines is 1. The van der Waals surface area contributed by atoms with Crippen molar-refractivity contribution in [3.05, 3.63) is 76.1 Å². The SMILES string of the molecule is C=C[C@@]1(O)[C@H](O)[C@@H](COP(=O)(C[C@@H](C)C(=O)OC)Oc2ccccc2)O[C@H]1n1ccc(=O)[nH]c1=O. The molecule has 1 saturated heterocycles. The molecule has 3 N–H and O–H groups in total. The van der Waals surface area contributed by atoms with Crippen molar-refractivity contribution >= 4 is 13.6 Å². The van der Waals surface area contributed by atoms with E-state index in [9.17, 15) is 29.2 Å². The van der Waals surface area contributed by atoms with E-state index in [4.69, 9.17) is 18.5 Å². The fourth-order valence-corrected chi connectivity index (χ4v) is 5.47. The minimum atomic E-state index is -4.02. The normalized spacial score (nSPS) is 26.5. The van der Waals surface area contributed by atoms with Gasteiger partial charge in [0.25, 0.3) is 5.56 Å². The minimum absolute atomic E-state index is 0.223. The highest BCUT2D eigenvalue weighted by atomic mass is 31.2. The quantitative estimate of drug-likeness (QED) is 0.236. The summed E-state index contributed by atoms with van der Waals surface area (Å²) in [7, 11) is -2.82. The molecule has 1 aromatic carbocycles. The predicted molar refractivity (Wildman–Crippen MR) is 123 cm³/mol. The second-order valence-corrected chi connectivity index (χ2v) is 10.0. The molecule has 0 radical (unpaired) electrons. The standard InChI is InChI=1S/C22H27N2O10P/c1-4-22(29)18(26)16(33-20(22)24-11-10-17(25)23-21(24)28)12-32-35(30,13-14(2)19(27)31-3)34-15-8-6-5-7-9-15/h4-11,14,16,18,20,26,29H,1,12-13H2,2-3H3,(H,23,25,28)/t14-,16-,18-,20-,22-,35?/m1/s1. The van der Waals surface area contributed by atoms with E-state index in [1.54, 1.807) is 30.3 Å². The Bertz CT molecular complexity index is 1210. The van der Waals surface area contributed by atoms with Crippen molar-refractivity contribution in [1.29, 1.82) is 0 Å². The van der Waals surface area contributed by atoms with Crippen LogP contribution in [0.15, 0.2) is 64.8 Å². The van der Waals surface area contributed by atoms with Gasteiger partial charge >= 0.3 is 19.3 Å². The number of aliphatic hydroxyl groups excluding tert-OH is 1. The maximum atomic E-state index is 13.6. The lowest BCUT2D eigenvalue weighted by Gasteiger charge is -2.28. The summed E-state index contributed by atoms with van der Waals surface area (Å²) in [5.74, 6) is -1.25. The molecular weight excluding hydrogens is 483 g/mol. The molecule has 1 aliphatic heterocycles. The van der Waals surface area contributed by atoms with Crippen LogP contribution in [-0.4, -0.2) is 63.4 Å². The number of methoxy groups -OCH3 is 1. The Hall–Kier alpha value is -3.02. The number of benzene rings is 1. The summed E-state index contributed by atoms with van der Waals surface area (Å²) >= 11 is 0. The van der Waals surface area contributed by atoms with Gasteiger partial charge in [-0.25, -0.2) is 9.36 Å². The van der Waals surface area contributed by atoms with Crippen LogP contribution < -0.4 is 15.8 Å². The Kier molecular flexibility index (Phi) is 8.14. The van der Waals surface area contributed by atoms with E-state index in [1.165, 1.54) is 14.0 Å². The van der Waals surface area contributed by atoms with E-state index in [0.29, 0.717) is 0 Å². The molecule has 3 rings (SSSR count). The third-order valence-electron chi connectivity index (χ3n) is 5.48. The molecule has 35 heavy (non-hydrogen) atoms. The molecular formula is C22H27N2O10P. The van der Waals surface area contributed by atoms with Crippen LogP contribution in [-0.2, 0) is 23.4 Å². The molecule has 12 nitrogen and oxygen atoms in total. The Balaban J connectivity index is 1.84. The summed E-state index contributed by atoms with van der Waals surface area (Å²) in [6, 6.07) is 9.19. The molecule has 13 heteroatoms. The fraction of sp³-hybridized carbons (Fsp3) is 0.409. The summed E-state index contributed by atoms with van der Waals surface area (Å²) in [5.41, 5.74) is -3.70. The maximum Gasteiger partial charge on any atom is 0.380 e. The molecule has 0 spiro atoms. The van der Waals surface area contributed by atoms with Crippen molar-refractivity contribution < 1.29 is 38.1 Å². The van der Waals surface area contributed by atoms with Crippen LogP contribution in [0.3, 0.4) is 0 Å². The van der Waals surface area contributed by atoms with Gasteiger partial charge in [0.15, 0.2) is 11.8 Å². The molecule has 190 valence electrons. The van der Waals surface area contributed by atoms with Gasteiger partial charge in [-0.1, -0.05) is 37.8 Å². The van der Waals surface area contributed by atoms with Gasteiger partial charge in [0.1, 0.15) is 18.0 Å². The van der Waals surface area contributed by atoms with Crippen LogP contribution in [0, 0.1) is 5.92 Å². The topological polar surface area (TPSA) is 166 Å². The zero-order valence-corrected chi connectivity index (χ0v) is 20.0. The van der Waals surface area contributed by atoms with Gasteiger partial charge in [0.2, 0.25) is 0 Å². The van der Waals surface area contributed by atoms with Crippen LogP contribution in [0.2, 0.25) is 0 Å². The molecule has 1 aromatic heterocycles. The molecule has 0 aliphatic carbocycles. The zero-order valence-electron chi connectivity index (χ0n) is 19.1. The first kappa shape index (κ1) is 26.6. The van der Waals surface area contributed by atoms with E-state index in [0.717, 1.165) is 22.9 Å². The van der Waals surface area contributed by atoms with Gasteiger partial charge in [-0.3, -0.25) is 23.7 Å². The van der Waals surface area contributed by atoms with Gasteiger partial charge in [0, 0.05) is 12.3 Å². The number of hydrogen-bond acceptors (Lipinski definition) is 10. The first-order chi connectivity index (χ1) is 16.5. The van der Waals surface area contributed by atoms with Crippen molar-refractivity contribution in [2.24, 2.45) is 5.92 Å². The lowest BCUT2D eigenvalue weighted by atomic mass is 9.94. The van der Waals surface area contributed by atoms with Crippen molar-refractivity contribution in [3.63, 3.8) is 0 Å². The number of para-hydroxylation sites is 1. The molecule has 1 aliphatic rings. The maximum absolute atomic E-state index is 13.6. The van der Waals surface area contributed by atoms with Crippen LogP contribution in [0.25, 0.3) is 0 Å². The number of carbonyl (C=O) groups is 1. The minimum Gasteiger partial charge on any atom is -0.469 e. The zero-order chi connectivity index (χ0) is 25.8. The molecule has 0 bridgehead atoms. The number of carbonyl (C=O) groups excluding carboxylic acids is 1. The van der Waals surface area contributed by atoms with Crippen molar-refractivity contribution in [3.8, 4) is 5.75 Å². The number of hydrogen-bond donors (Lipinski definition) is 3. The highest BCUT2D eigenvalue weighted by Gasteiger charge is 2.55. The first-order valence-electron chi connectivity index (χ1n) is 10.6. The summed E-state index contributed by atoms with van der Waals surface area (Å²) < 4.78 is 36.0. The summed E-state index contributed by atoms with van der Waals surface area (Å²) in [6.45, 7) is 4.46.